The van der Waals surface area contributed by atoms with Gasteiger partial charge in [-0.25, -0.2) is 4.98 Å². The number of amides is 2. The van der Waals surface area contributed by atoms with Crippen molar-refractivity contribution in [2.24, 2.45) is 0 Å². The van der Waals surface area contributed by atoms with Gasteiger partial charge in [0.05, 0.1) is 17.7 Å². The number of carbonyl (C=O) groups is 2. The maximum Gasteiger partial charge on any atom is 0.313 e. The summed E-state index contributed by atoms with van der Waals surface area (Å²) in [5, 5.41) is 2.67. The summed E-state index contributed by atoms with van der Waals surface area (Å²) in [7, 11) is 0. The minimum Gasteiger partial charge on any atom is -0.329 e. The second-order valence-corrected chi connectivity index (χ2v) is 6.14. The van der Waals surface area contributed by atoms with E-state index in [1.807, 2.05) is 24.3 Å². The Morgan fingerprint density at radius 1 is 1.32 bits per heavy atom. The molecule has 1 aliphatic rings. The van der Waals surface area contributed by atoms with Gasteiger partial charge in [0.1, 0.15) is 0 Å². The monoisotopic (exact) mass is 315 g/mol. The smallest absolute Gasteiger partial charge is 0.313 e. The number of aromatic nitrogens is 1. The molecule has 22 heavy (non-hydrogen) atoms. The van der Waals surface area contributed by atoms with Crippen LogP contribution in [0.1, 0.15) is 23.1 Å². The fraction of sp³-hybridized carbons (Fsp3) is 0.312. The normalized spacial score (nSPS) is 13.6. The summed E-state index contributed by atoms with van der Waals surface area (Å²) < 4.78 is 0. The lowest BCUT2D eigenvalue weighted by molar-refractivity contribution is -0.143. The van der Waals surface area contributed by atoms with Crippen LogP contribution in [0.5, 0.6) is 0 Å². The first-order chi connectivity index (χ1) is 10.7. The number of rotatable bonds is 2. The van der Waals surface area contributed by atoms with Crippen molar-refractivity contribution in [2.75, 3.05) is 11.9 Å². The number of carbonyl (C=O) groups excluding carboxylic acids is 2. The van der Waals surface area contributed by atoms with E-state index in [1.54, 1.807) is 10.4 Å². The second kappa shape index (κ2) is 6.27. The molecule has 2 amide bonds. The van der Waals surface area contributed by atoms with Crippen LogP contribution in [0.4, 0.5) is 5.69 Å². The summed E-state index contributed by atoms with van der Waals surface area (Å²) in [6.45, 7) is 3.08. The van der Waals surface area contributed by atoms with Crippen molar-refractivity contribution >= 4 is 28.8 Å². The summed E-state index contributed by atoms with van der Waals surface area (Å²) in [5.74, 6) is -1.07. The van der Waals surface area contributed by atoms with Crippen LogP contribution in [0, 0.1) is 0 Å². The van der Waals surface area contributed by atoms with Crippen molar-refractivity contribution in [3.63, 3.8) is 0 Å². The Hall–Kier alpha value is -2.21. The predicted molar refractivity (Wildman–Crippen MR) is 85.7 cm³/mol. The molecule has 0 spiro atoms. The Labute approximate surface area is 133 Å². The zero-order valence-corrected chi connectivity index (χ0v) is 13.2. The van der Waals surface area contributed by atoms with E-state index in [2.05, 4.69) is 17.2 Å². The topological polar surface area (TPSA) is 62.3 Å². The van der Waals surface area contributed by atoms with E-state index in [0.29, 0.717) is 25.2 Å². The molecule has 0 atom stereocenters. The third-order valence-electron chi connectivity index (χ3n) is 3.78. The van der Waals surface area contributed by atoms with Crippen molar-refractivity contribution in [3.8, 4) is 0 Å². The summed E-state index contributed by atoms with van der Waals surface area (Å²) in [6.07, 6.45) is 1.65. The zero-order chi connectivity index (χ0) is 15.5. The van der Waals surface area contributed by atoms with Gasteiger partial charge in [-0.1, -0.05) is 19.1 Å². The molecule has 1 aromatic carbocycles. The molecule has 0 saturated carbocycles. The lowest BCUT2D eigenvalue weighted by atomic mass is 10.1. The minimum absolute atomic E-state index is 0.473. The molecule has 0 saturated heterocycles. The van der Waals surface area contributed by atoms with Gasteiger partial charge in [-0.3, -0.25) is 9.59 Å². The third kappa shape index (κ3) is 3.01. The maximum absolute atomic E-state index is 12.3. The van der Waals surface area contributed by atoms with Gasteiger partial charge in [0.15, 0.2) is 0 Å². The first-order valence-corrected chi connectivity index (χ1v) is 8.15. The third-order valence-corrected chi connectivity index (χ3v) is 4.64. The van der Waals surface area contributed by atoms with Crippen LogP contribution in [0.25, 0.3) is 0 Å². The molecule has 6 heteroatoms. The number of aryl methyl sites for hydroxylation is 1. The molecule has 0 fully saturated rings. The van der Waals surface area contributed by atoms with Crippen LogP contribution in [0.15, 0.2) is 29.8 Å². The molecule has 2 heterocycles. The van der Waals surface area contributed by atoms with Crippen molar-refractivity contribution in [2.45, 2.75) is 26.3 Å². The lowest BCUT2D eigenvalue weighted by Crippen LogP contribution is -2.42. The Morgan fingerprint density at radius 2 is 2.09 bits per heavy atom. The second-order valence-electron chi connectivity index (χ2n) is 5.20. The van der Waals surface area contributed by atoms with Gasteiger partial charge in [-0.05, 0) is 24.1 Å². The zero-order valence-electron chi connectivity index (χ0n) is 12.3. The van der Waals surface area contributed by atoms with Crippen LogP contribution in [-0.4, -0.2) is 28.2 Å². The molecule has 0 radical (unpaired) electrons. The quantitative estimate of drug-likeness (QED) is 0.865. The van der Waals surface area contributed by atoms with E-state index >= 15 is 0 Å². The van der Waals surface area contributed by atoms with Crippen molar-refractivity contribution in [3.05, 3.63) is 45.9 Å². The molecule has 0 aliphatic carbocycles. The molecular weight excluding hydrogens is 298 g/mol. The summed E-state index contributed by atoms with van der Waals surface area (Å²) in [5.41, 5.74) is 4.67. The van der Waals surface area contributed by atoms with Crippen molar-refractivity contribution in [1.82, 2.24) is 9.88 Å². The molecule has 1 aromatic heterocycles. The molecule has 0 unspecified atom stereocenters. The van der Waals surface area contributed by atoms with Gasteiger partial charge in [-0.15, -0.1) is 11.3 Å². The van der Waals surface area contributed by atoms with E-state index in [4.69, 9.17) is 0 Å². The highest BCUT2D eigenvalue weighted by Gasteiger charge is 2.27. The van der Waals surface area contributed by atoms with E-state index in [9.17, 15) is 9.59 Å². The van der Waals surface area contributed by atoms with Gasteiger partial charge in [-0.2, -0.15) is 0 Å². The van der Waals surface area contributed by atoms with Gasteiger partial charge < -0.3 is 10.2 Å². The highest BCUT2D eigenvalue weighted by Crippen LogP contribution is 2.21. The van der Waals surface area contributed by atoms with E-state index < -0.39 is 11.8 Å². The molecule has 0 bridgehead atoms. The van der Waals surface area contributed by atoms with Crippen LogP contribution in [0.2, 0.25) is 0 Å². The van der Waals surface area contributed by atoms with E-state index in [1.165, 1.54) is 16.9 Å². The van der Waals surface area contributed by atoms with E-state index in [0.717, 1.165) is 17.0 Å². The standard InChI is InChI=1S/C16H17N3O2S/c1-2-11-3-5-12(6-4-11)18-15(20)16(21)19-8-7-13-14(9-19)22-10-17-13/h3-6,10H,2,7-9H2,1H3,(H,18,20). The van der Waals surface area contributed by atoms with E-state index in [-0.39, 0.29) is 0 Å². The predicted octanol–water partition coefficient (Wildman–Crippen LogP) is 2.23. The maximum atomic E-state index is 12.3. The highest BCUT2D eigenvalue weighted by atomic mass is 32.1. The number of thiazole rings is 1. The summed E-state index contributed by atoms with van der Waals surface area (Å²) >= 11 is 1.53. The average Bonchev–Trinajstić information content (AvgIpc) is 3.02. The SMILES string of the molecule is CCc1ccc(NC(=O)C(=O)N2CCc3ncsc3C2)cc1. The average molecular weight is 315 g/mol. The Bertz CT molecular complexity index is 694. The Balaban J connectivity index is 1.63. The van der Waals surface area contributed by atoms with Gasteiger partial charge in [0.25, 0.3) is 0 Å². The van der Waals surface area contributed by atoms with Gasteiger partial charge in [0.2, 0.25) is 0 Å². The Kier molecular flexibility index (Phi) is 4.20. The van der Waals surface area contributed by atoms with Crippen LogP contribution >= 0.6 is 11.3 Å². The van der Waals surface area contributed by atoms with Crippen LogP contribution < -0.4 is 5.32 Å². The fourth-order valence-corrected chi connectivity index (χ4v) is 3.27. The number of benzene rings is 1. The highest BCUT2D eigenvalue weighted by molar-refractivity contribution is 7.09. The minimum atomic E-state index is -0.586. The van der Waals surface area contributed by atoms with Gasteiger partial charge >= 0.3 is 11.8 Å². The first-order valence-electron chi connectivity index (χ1n) is 7.28. The number of fused-ring (bicyclic) bond motifs is 1. The fourth-order valence-electron chi connectivity index (χ4n) is 2.44. The molecule has 3 rings (SSSR count). The van der Waals surface area contributed by atoms with Gasteiger partial charge in [0, 0.05) is 23.5 Å². The molecular formula is C16H17N3O2S. The number of nitrogens with one attached hydrogen (secondary N) is 1. The number of hydrogen-bond acceptors (Lipinski definition) is 4. The summed E-state index contributed by atoms with van der Waals surface area (Å²) in [6, 6.07) is 7.54. The number of hydrogen-bond donors (Lipinski definition) is 1. The Morgan fingerprint density at radius 3 is 2.82 bits per heavy atom. The van der Waals surface area contributed by atoms with Crippen molar-refractivity contribution in [1.29, 1.82) is 0 Å². The lowest BCUT2D eigenvalue weighted by Gasteiger charge is -2.25. The first kappa shape index (κ1) is 14.7. The molecule has 2 aromatic rings. The van der Waals surface area contributed by atoms with Crippen LogP contribution in [-0.2, 0) is 29.0 Å². The van der Waals surface area contributed by atoms with Crippen molar-refractivity contribution < 1.29 is 9.59 Å². The summed E-state index contributed by atoms with van der Waals surface area (Å²) in [4.78, 5) is 31.3. The molecule has 1 aliphatic heterocycles. The number of anilines is 1. The molecule has 5 nitrogen and oxygen atoms in total. The largest absolute Gasteiger partial charge is 0.329 e. The molecule has 114 valence electrons. The number of nitrogens with zero attached hydrogens (tertiary/aromatic N) is 2. The van der Waals surface area contributed by atoms with Crippen LogP contribution in [0.3, 0.4) is 0 Å². The molecule has 1 N–H and O–H groups in total.